The van der Waals surface area contributed by atoms with Crippen LogP contribution >= 0.6 is 0 Å². The first-order valence-electron chi connectivity index (χ1n) is 5.53. The number of carbonyl (C=O) groups is 1. The van der Waals surface area contributed by atoms with E-state index in [1.165, 1.54) is 5.56 Å². The second-order valence-corrected chi connectivity index (χ2v) is 4.26. The molecule has 1 heterocycles. The van der Waals surface area contributed by atoms with Gasteiger partial charge in [0.25, 0.3) is 0 Å². The van der Waals surface area contributed by atoms with E-state index in [1.807, 2.05) is 18.2 Å². The fourth-order valence-electron chi connectivity index (χ4n) is 2.26. The van der Waals surface area contributed by atoms with E-state index in [0.717, 1.165) is 18.5 Å². The Morgan fingerprint density at radius 3 is 2.87 bits per heavy atom. The molecule has 0 bridgehead atoms. The molecule has 0 spiro atoms. The summed E-state index contributed by atoms with van der Waals surface area (Å²) in [5.74, 6) is 0.293. The van der Waals surface area contributed by atoms with Crippen LogP contribution in [0.25, 0.3) is 0 Å². The van der Waals surface area contributed by atoms with E-state index < -0.39 is 0 Å². The van der Waals surface area contributed by atoms with Crippen LogP contribution in [0.2, 0.25) is 0 Å². The average molecular weight is 203 g/mol. The van der Waals surface area contributed by atoms with Crippen LogP contribution in [0.4, 0.5) is 0 Å². The van der Waals surface area contributed by atoms with Crippen molar-refractivity contribution >= 4 is 5.78 Å². The van der Waals surface area contributed by atoms with Crippen LogP contribution in [0, 0.1) is 0 Å². The Labute approximate surface area is 90.9 Å². The lowest BCUT2D eigenvalue weighted by molar-refractivity contribution is 0.0944. The fraction of sp³-hybridized carbons (Fsp3) is 0.462. The molecule has 1 aliphatic heterocycles. The van der Waals surface area contributed by atoms with Gasteiger partial charge in [-0.1, -0.05) is 31.2 Å². The van der Waals surface area contributed by atoms with Gasteiger partial charge in [-0.3, -0.25) is 9.69 Å². The van der Waals surface area contributed by atoms with Crippen LogP contribution in [0.3, 0.4) is 0 Å². The van der Waals surface area contributed by atoms with Crippen molar-refractivity contribution in [3.05, 3.63) is 35.4 Å². The van der Waals surface area contributed by atoms with Gasteiger partial charge in [-0.25, -0.2) is 0 Å². The zero-order valence-electron chi connectivity index (χ0n) is 9.36. The highest BCUT2D eigenvalue weighted by Crippen LogP contribution is 2.22. The van der Waals surface area contributed by atoms with E-state index in [-0.39, 0.29) is 0 Å². The second-order valence-electron chi connectivity index (χ2n) is 4.26. The van der Waals surface area contributed by atoms with Crippen LogP contribution in [0.15, 0.2) is 24.3 Å². The summed E-state index contributed by atoms with van der Waals surface area (Å²) in [6.07, 6.45) is 1.69. The van der Waals surface area contributed by atoms with Crippen molar-refractivity contribution in [2.75, 3.05) is 7.05 Å². The number of rotatable bonds is 1. The number of Topliss-reactive ketones (excluding diaryl/α,β-unsaturated/α-hetero) is 1. The predicted molar refractivity (Wildman–Crippen MR) is 60.9 cm³/mol. The number of carbonyl (C=O) groups excluding carboxylic acids is 1. The first kappa shape index (κ1) is 10.4. The van der Waals surface area contributed by atoms with Gasteiger partial charge in [0.1, 0.15) is 0 Å². The van der Waals surface area contributed by atoms with Gasteiger partial charge in [-0.2, -0.15) is 0 Å². The predicted octanol–water partition coefficient (Wildman–Crippen LogP) is 2.48. The summed E-state index contributed by atoms with van der Waals surface area (Å²) in [5, 5.41) is 0. The van der Waals surface area contributed by atoms with Crippen molar-refractivity contribution in [1.29, 1.82) is 0 Å². The largest absolute Gasteiger partial charge is 0.299 e. The molecule has 0 fully saturated rings. The van der Waals surface area contributed by atoms with E-state index >= 15 is 0 Å². The molecule has 15 heavy (non-hydrogen) atoms. The lowest BCUT2D eigenvalue weighted by Gasteiger charge is -2.23. The second kappa shape index (κ2) is 4.15. The van der Waals surface area contributed by atoms with Gasteiger partial charge < -0.3 is 0 Å². The number of benzene rings is 1. The van der Waals surface area contributed by atoms with Crippen molar-refractivity contribution in [1.82, 2.24) is 4.90 Å². The smallest absolute Gasteiger partial charge is 0.164 e. The van der Waals surface area contributed by atoms with Gasteiger partial charge in [-0.05, 0) is 19.0 Å². The molecular formula is C13H17NO. The van der Waals surface area contributed by atoms with Gasteiger partial charge in [0, 0.05) is 24.6 Å². The van der Waals surface area contributed by atoms with Crippen molar-refractivity contribution in [2.45, 2.75) is 32.4 Å². The van der Waals surface area contributed by atoms with Gasteiger partial charge in [0.2, 0.25) is 0 Å². The maximum Gasteiger partial charge on any atom is 0.164 e. The Bertz CT molecular complexity index is 373. The monoisotopic (exact) mass is 203 g/mol. The molecule has 0 aliphatic carbocycles. The van der Waals surface area contributed by atoms with E-state index in [1.54, 1.807) is 0 Å². The number of ketones is 1. The molecule has 1 aromatic carbocycles. The Hall–Kier alpha value is -1.15. The molecule has 2 nitrogen and oxygen atoms in total. The molecule has 2 heteroatoms. The Morgan fingerprint density at radius 2 is 2.13 bits per heavy atom. The molecule has 2 rings (SSSR count). The van der Waals surface area contributed by atoms with Crippen LogP contribution in [-0.4, -0.2) is 23.8 Å². The standard InChI is InChI=1S/C13H17NO/c1-3-11-8-13(15)12-7-5-4-6-10(12)9-14(11)2/h4-7,11H,3,8-9H2,1-2H3. The van der Waals surface area contributed by atoms with Crippen LogP contribution in [0.5, 0.6) is 0 Å². The summed E-state index contributed by atoms with van der Waals surface area (Å²) < 4.78 is 0. The highest BCUT2D eigenvalue weighted by molar-refractivity contribution is 5.98. The van der Waals surface area contributed by atoms with E-state index in [2.05, 4.69) is 24.9 Å². The van der Waals surface area contributed by atoms with Crippen molar-refractivity contribution in [3.8, 4) is 0 Å². The maximum absolute atomic E-state index is 12.0. The quantitative estimate of drug-likeness (QED) is 0.699. The zero-order valence-corrected chi connectivity index (χ0v) is 9.36. The van der Waals surface area contributed by atoms with Gasteiger partial charge in [-0.15, -0.1) is 0 Å². The normalized spacial score (nSPS) is 22.3. The third-order valence-corrected chi connectivity index (χ3v) is 3.25. The fourth-order valence-corrected chi connectivity index (χ4v) is 2.26. The Balaban J connectivity index is 2.37. The SMILES string of the molecule is CCC1CC(=O)c2ccccc2CN1C. The van der Waals surface area contributed by atoms with E-state index in [4.69, 9.17) is 0 Å². The van der Waals surface area contributed by atoms with Gasteiger partial charge >= 0.3 is 0 Å². The molecule has 1 atom stereocenters. The molecule has 0 saturated heterocycles. The maximum atomic E-state index is 12.0. The lowest BCUT2D eigenvalue weighted by Crippen LogP contribution is -2.30. The first-order valence-corrected chi connectivity index (χ1v) is 5.53. The molecule has 1 unspecified atom stereocenters. The molecule has 0 saturated carbocycles. The van der Waals surface area contributed by atoms with Gasteiger partial charge in [0.05, 0.1) is 0 Å². The van der Waals surface area contributed by atoms with Crippen molar-refractivity contribution < 1.29 is 4.79 Å². The Kier molecular flexibility index (Phi) is 2.87. The van der Waals surface area contributed by atoms with Crippen LogP contribution < -0.4 is 0 Å². The Morgan fingerprint density at radius 1 is 1.40 bits per heavy atom. The molecule has 0 radical (unpaired) electrons. The van der Waals surface area contributed by atoms with Crippen LogP contribution in [-0.2, 0) is 6.54 Å². The highest BCUT2D eigenvalue weighted by Gasteiger charge is 2.24. The minimum atomic E-state index is 0.293. The first-order chi connectivity index (χ1) is 7.22. The van der Waals surface area contributed by atoms with E-state index in [9.17, 15) is 4.79 Å². The molecule has 1 aromatic rings. The summed E-state index contributed by atoms with van der Waals surface area (Å²) in [5.41, 5.74) is 2.08. The molecule has 0 amide bonds. The van der Waals surface area contributed by atoms with Crippen molar-refractivity contribution in [2.24, 2.45) is 0 Å². The number of fused-ring (bicyclic) bond motifs is 1. The minimum absolute atomic E-state index is 0.293. The number of nitrogens with zero attached hydrogens (tertiary/aromatic N) is 1. The van der Waals surface area contributed by atoms with Crippen molar-refractivity contribution in [3.63, 3.8) is 0 Å². The molecular weight excluding hydrogens is 186 g/mol. The molecule has 0 aromatic heterocycles. The van der Waals surface area contributed by atoms with Gasteiger partial charge in [0.15, 0.2) is 5.78 Å². The summed E-state index contributed by atoms with van der Waals surface area (Å²) in [6.45, 7) is 3.03. The number of hydrogen-bond acceptors (Lipinski definition) is 2. The third-order valence-electron chi connectivity index (χ3n) is 3.25. The third kappa shape index (κ3) is 1.95. The van der Waals surface area contributed by atoms with E-state index in [0.29, 0.717) is 18.2 Å². The molecule has 0 N–H and O–H groups in total. The average Bonchev–Trinajstić information content (AvgIpc) is 2.37. The molecule has 80 valence electrons. The summed E-state index contributed by atoms with van der Waals surface area (Å²) >= 11 is 0. The zero-order chi connectivity index (χ0) is 10.8. The van der Waals surface area contributed by atoms with Crippen LogP contribution in [0.1, 0.15) is 35.7 Å². The summed E-state index contributed by atoms with van der Waals surface area (Å²) in [4.78, 5) is 14.3. The lowest BCUT2D eigenvalue weighted by atomic mass is 10.0. The highest BCUT2D eigenvalue weighted by atomic mass is 16.1. The topological polar surface area (TPSA) is 20.3 Å². The summed E-state index contributed by atoms with van der Waals surface area (Å²) in [6, 6.07) is 8.35. The molecule has 1 aliphatic rings. The minimum Gasteiger partial charge on any atom is -0.299 e. The summed E-state index contributed by atoms with van der Waals surface area (Å²) in [7, 11) is 2.10. The number of hydrogen-bond donors (Lipinski definition) is 0.